The van der Waals surface area contributed by atoms with Gasteiger partial charge in [0.2, 0.25) is 0 Å². The molecule has 0 aliphatic rings. The van der Waals surface area contributed by atoms with Crippen LogP contribution in [0.15, 0.2) is 24.5 Å². The Bertz CT molecular complexity index is 353. The maximum atomic E-state index is 8.55. The van der Waals surface area contributed by atoms with E-state index < -0.39 is 5.09 Å². The maximum absolute atomic E-state index is 8.55. The van der Waals surface area contributed by atoms with Crippen LogP contribution in [0.4, 0.5) is 0 Å². The Morgan fingerprint density at radius 1 is 1.44 bits per heavy atom. The first-order valence-corrected chi connectivity index (χ1v) is 4.81. The van der Waals surface area contributed by atoms with Gasteiger partial charge in [-0.1, -0.05) is 13.3 Å². The van der Waals surface area contributed by atoms with Crippen LogP contribution in [0.1, 0.15) is 25.3 Å². The lowest BCUT2D eigenvalue weighted by molar-refractivity contribution is -0.697. The summed E-state index contributed by atoms with van der Waals surface area (Å²) in [5, 5.41) is 23.3. The van der Waals surface area contributed by atoms with Crippen LogP contribution in [-0.4, -0.2) is 5.09 Å². The van der Waals surface area contributed by atoms with Gasteiger partial charge >= 0.3 is 0 Å². The van der Waals surface area contributed by atoms with E-state index in [1.165, 1.54) is 12.8 Å². The van der Waals surface area contributed by atoms with Gasteiger partial charge in [-0.25, -0.2) is 4.57 Å². The number of unbranched alkanes of at least 4 members (excludes halogenated alkanes) is 1. The second kappa shape index (κ2) is 8.17. The van der Waals surface area contributed by atoms with Crippen molar-refractivity contribution in [1.82, 2.24) is 0 Å². The van der Waals surface area contributed by atoms with Crippen LogP contribution in [-0.2, 0) is 6.54 Å². The molecule has 1 aromatic heterocycles. The molecule has 0 radical (unpaired) electrons. The van der Waals surface area contributed by atoms with Gasteiger partial charge in [-0.15, -0.1) is 0 Å². The van der Waals surface area contributed by atoms with Crippen molar-refractivity contribution in [3.05, 3.63) is 45.4 Å². The minimum atomic E-state index is -1.75. The van der Waals surface area contributed by atoms with Gasteiger partial charge in [-0.3, -0.25) is 0 Å². The molecule has 1 aromatic rings. The molecule has 0 N–H and O–H groups in total. The highest BCUT2D eigenvalue weighted by molar-refractivity contribution is 5.23. The first kappa shape index (κ1) is 13.8. The molecule has 0 aliphatic carbocycles. The van der Waals surface area contributed by atoms with Crippen molar-refractivity contribution >= 4 is 0 Å². The molecule has 1 rings (SSSR count). The van der Waals surface area contributed by atoms with Crippen LogP contribution in [0, 0.1) is 26.7 Å². The number of aryl methyl sites for hydroxylation is 1. The van der Waals surface area contributed by atoms with Crippen molar-refractivity contribution in [2.75, 3.05) is 0 Å². The van der Waals surface area contributed by atoms with Crippen LogP contribution in [0.5, 0.6) is 0 Å². The van der Waals surface area contributed by atoms with Gasteiger partial charge in [0.15, 0.2) is 12.4 Å². The Morgan fingerprint density at radius 2 is 1.94 bits per heavy atom. The van der Waals surface area contributed by atoms with E-state index in [4.69, 9.17) is 20.6 Å². The number of nitrogens with zero attached hydrogens (tertiary/aromatic N) is 3. The van der Waals surface area contributed by atoms with Gasteiger partial charge in [0, 0.05) is 18.6 Å². The van der Waals surface area contributed by atoms with E-state index in [9.17, 15) is 0 Å². The summed E-state index contributed by atoms with van der Waals surface area (Å²) in [6, 6.07) is 5.78. The molecule has 86 valence electrons. The molecule has 0 fully saturated rings. The summed E-state index contributed by atoms with van der Waals surface area (Å²) in [5.74, 6) is 0. The molecule has 0 saturated heterocycles. The van der Waals surface area contributed by atoms with E-state index in [1.54, 1.807) is 0 Å². The molecule has 0 aliphatic heterocycles. The summed E-state index contributed by atoms with van der Waals surface area (Å²) in [4.78, 5) is 8.25. The van der Waals surface area contributed by atoms with Gasteiger partial charge < -0.3 is 15.3 Å². The average Bonchev–Trinajstić information content (AvgIpc) is 2.26. The van der Waals surface area contributed by atoms with Crippen LogP contribution >= 0.6 is 0 Å². The molecule has 0 unspecified atom stereocenters. The zero-order valence-corrected chi connectivity index (χ0v) is 9.00. The lowest BCUT2D eigenvalue weighted by Gasteiger charge is -1.93. The van der Waals surface area contributed by atoms with E-state index in [0.717, 1.165) is 12.1 Å². The average molecular weight is 223 g/mol. The second-order valence-electron chi connectivity index (χ2n) is 3.01. The summed E-state index contributed by atoms with van der Waals surface area (Å²) >= 11 is 0. The van der Waals surface area contributed by atoms with E-state index >= 15 is 0 Å². The van der Waals surface area contributed by atoms with Gasteiger partial charge in [-0.2, -0.15) is 5.26 Å². The van der Waals surface area contributed by atoms with Crippen molar-refractivity contribution in [1.29, 1.82) is 5.26 Å². The van der Waals surface area contributed by atoms with Crippen LogP contribution < -0.4 is 4.57 Å². The molecule has 0 saturated carbocycles. The first-order valence-electron chi connectivity index (χ1n) is 4.81. The minimum Gasteiger partial charge on any atom is -0.356 e. The number of aromatic nitrogens is 1. The lowest BCUT2D eigenvalue weighted by atomic mass is 10.3. The Labute approximate surface area is 93.5 Å². The van der Waals surface area contributed by atoms with Gasteiger partial charge in [-0.05, 0) is 0 Å². The van der Waals surface area contributed by atoms with E-state index in [-0.39, 0.29) is 0 Å². The fraction of sp³-hybridized carbons (Fsp3) is 0.400. The fourth-order valence-corrected chi connectivity index (χ4v) is 1.02. The van der Waals surface area contributed by atoms with Gasteiger partial charge in [0.25, 0.3) is 0 Å². The third-order valence-corrected chi connectivity index (χ3v) is 1.79. The summed E-state index contributed by atoms with van der Waals surface area (Å²) in [5.41, 5.74) is 0.725. The normalized spacial score (nSPS) is 8.50. The molecule has 6 nitrogen and oxygen atoms in total. The Hall–Kier alpha value is -2.16. The topological polar surface area (TPSA) is 93.9 Å². The zero-order valence-electron chi connectivity index (χ0n) is 9.00. The molecule has 1 heterocycles. The molecule has 0 bridgehead atoms. The number of hydrogen-bond donors (Lipinski definition) is 0. The standard InChI is InChI=1S/C10H13N2.NO3/c1-2-3-6-12-7-4-10(9-11)5-8-12;2-1(3)4/h4-5,7-8H,2-3,6H2,1H3;/q+1;-1. The quantitative estimate of drug-likeness (QED) is 0.439. The number of rotatable bonds is 3. The summed E-state index contributed by atoms with van der Waals surface area (Å²) in [6.07, 6.45) is 6.30. The minimum absolute atomic E-state index is 0.725. The smallest absolute Gasteiger partial charge is 0.170 e. The predicted octanol–water partition coefficient (Wildman–Crippen LogP) is 1.41. The largest absolute Gasteiger partial charge is 0.356 e. The van der Waals surface area contributed by atoms with E-state index in [0.29, 0.717) is 0 Å². The number of nitriles is 1. The zero-order chi connectivity index (χ0) is 12.4. The molecule has 0 spiro atoms. The van der Waals surface area contributed by atoms with E-state index in [2.05, 4.69) is 17.6 Å². The Balaban J connectivity index is 0.000000487. The maximum Gasteiger partial charge on any atom is 0.170 e. The SMILES string of the molecule is CCCC[n+]1ccc(C#N)cc1.O=[N+]([O-])[O-]. The molecule has 6 heteroatoms. The van der Waals surface area contributed by atoms with Gasteiger partial charge in [0.1, 0.15) is 6.54 Å². The summed E-state index contributed by atoms with van der Waals surface area (Å²) in [7, 11) is 0. The first-order chi connectivity index (χ1) is 7.60. The number of hydrogen-bond acceptors (Lipinski definition) is 4. The van der Waals surface area contributed by atoms with E-state index in [1.807, 2.05) is 24.5 Å². The Kier molecular flexibility index (Phi) is 7.07. The molecular formula is C10H13N3O3. The van der Waals surface area contributed by atoms with Gasteiger partial charge in [0.05, 0.1) is 16.7 Å². The fourth-order valence-electron chi connectivity index (χ4n) is 1.02. The monoisotopic (exact) mass is 223 g/mol. The van der Waals surface area contributed by atoms with Crippen LogP contribution in [0.3, 0.4) is 0 Å². The second-order valence-corrected chi connectivity index (χ2v) is 3.01. The third kappa shape index (κ3) is 7.26. The van der Waals surface area contributed by atoms with Crippen molar-refractivity contribution in [2.45, 2.75) is 26.3 Å². The Morgan fingerprint density at radius 3 is 2.31 bits per heavy atom. The highest BCUT2D eigenvalue weighted by atomic mass is 16.9. The molecular weight excluding hydrogens is 210 g/mol. The highest BCUT2D eigenvalue weighted by Crippen LogP contribution is 1.92. The molecule has 0 amide bonds. The number of pyridine rings is 1. The molecule has 0 atom stereocenters. The van der Waals surface area contributed by atoms with Crippen LogP contribution in [0.25, 0.3) is 0 Å². The summed E-state index contributed by atoms with van der Waals surface area (Å²) in [6.45, 7) is 3.21. The van der Waals surface area contributed by atoms with Crippen molar-refractivity contribution in [3.8, 4) is 6.07 Å². The van der Waals surface area contributed by atoms with Crippen molar-refractivity contribution in [3.63, 3.8) is 0 Å². The highest BCUT2D eigenvalue weighted by Gasteiger charge is 1.98. The molecule has 16 heavy (non-hydrogen) atoms. The van der Waals surface area contributed by atoms with Crippen molar-refractivity contribution < 1.29 is 9.65 Å². The third-order valence-electron chi connectivity index (χ3n) is 1.79. The predicted molar refractivity (Wildman–Crippen MR) is 56.6 cm³/mol. The lowest BCUT2D eigenvalue weighted by Crippen LogP contribution is -2.32. The summed E-state index contributed by atoms with van der Waals surface area (Å²) < 4.78 is 2.10. The van der Waals surface area contributed by atoms with Crippen LogP contribution in [0.2, 0.25) is 0 Å². The molecule has 0 aromatic carbocycles. The van der Waals surface area contributed by atoms with Crippen molar-refractivity contribution in [2.24, 2.45) is 0 Å².